The fourth-order valence-corrected chi connectivity index (χ4v) is 3.29. The van der Waals surface area contributed by atoms with Crippen molar-refractivity contribution in [2.24, 2.45) is 5.92 Å². The number of urea groups is 1. The predicted octanol–water partition coefficient (Wildman–Crippen LogP) is 2.40. The fraction of sp³-hybridized carbons (Fsp3) is 0.500. The highest BCUT2D eigenvalue weighted by atomic mass is 16.4. The van der Waals surface area contributed by atoms with E-state index in [0.717, 1.165) is 31.5 Å². The van der Waals surface area contributed by atoms with Crippen LogP contribution >= 0.6 is 0 Å². The van der Waals surface area contributed by atoms with Crippen molar-refractivity contribution in [1.29, 1.82) is 0 Å². The fourth-order valence-electron chi connectivity index (χ4n) is 3.29. The SMILES string of the molecule is O=C(O)C1CCC(NC(=O)N2CCc3ccccc32)CC1. The second-order valence-electron chi connectivity index (χ2n) is 5.87. The zero-order valence-electron chi connectivity index (χ0n) is 11.9. The first-order chi connectivity index (χ1) is 10.1. The van der Waals surface area contributed by atoms with E-state index in [1.54, 1.807) is 4.90 Å². The Kier molecular flexibility index (Phi) is 3.82. The highest BCUT2D eigenvalue weighted by molar-refractivity contribution is 5.94. The summed E-state index contributed by atoms with van der Waals surface area (Å²) in [4.78, 5) is 25.1. The van der Waals surface area contributed by atoms with Gasteiger partial charge in [0.2, 0.25) is 0 Å². The number of aliphatic carboxylic acids is 1. The molecule has 1 heterocycles. The lowest BCUT2D eigenvalue weighted by Gasteiger charge is -2.29. The Bertz CT molecular complexity index is 550. The van der Waals surface area contributed by atoms with Crippen LogP contribution in [0.2, 0.25) is 0 Å². The second-order valence-corrected chi connectivity index (χ2v) is 5.87. The Morgan fingerprint density at radius 2 is 1.86 bits per heavy atom. The summed E-state index contributed by atoms with van der Waals surface area (Å²) in [6.45, 7) is 0.718. The smallest absolute Gasteiger partial charge is 0.322 e. The van der Waals surface area contributed by atoms with Crippen LogP contribution in [0.3, 0.4) is 0 Å². The molecule has 1 saturated carbocycles. The van der Waals surface area contributed by atoms with Crippen LogP contribution in [0.4, 0.5) is 10.5 Å². The maximum Gasteiger partial charge on any atom is 0.322 e. The third kappa shape index (κ3) is 2.86. The highest BCUT2D eigenvalue weighted by Gasteiger charge is 2.29. The Labute approximate surface area is 123 Å². The Morgan fingerprint density at radius 3 is 2.57 bits per heavy atom. The van der Waals surface area contributed by atoms with Gasteiger partial charge in [-0.25, -0.2) is 4.79 Å². The van der Waals surface area contributed by atoms with Crippen molar-refractivity contribution in [1.82, 2.24) is 5.32 Å². The van der Waals surface area contributed by atoms with Crippen molar-refractivity contribution in [2.45, 2.75) is 38.1 Å². The zero-order chi connectivity index (χ0) is 14.8. The normalized spacial score (nSPS) is 24.5. The molecular formula is C16H20N2O3. The minimum atomic E-state index is -0.715. The van der Waals surface area contributed by atoms with Crippen LogP contribution in [-0.2, 0) is 11.2 Å². The molecule has 1 aliphatic carbocycles. The van der Waals surface area contributed by atoms with Gasteiger partial charge in [0.05, 0.1) is 5.92 Å². The van der Waals surface area contributed by atoms with Crippen LogP contribution in [0.5, 0.6) is 0 Å². The minimum absolute atomic E-state index is 0.0567. The summed E-state index contributed by atoms with van der Waals surface area (Å²) < 4.78 is 0. The van der Waals surface area contributed by atoms with E-state index >= 15 is 0 Å². The Morgan fingerprint density at radius 1 is 1.14 bits per heavy atom. The average Bonchev–Trinajstić information content (AvgIpc) is 2.92. The Hall–Kier alpha value is -2.04. The average molecular weight is 288 g/mol. The number of carboxylic acid groups (broad SMARTS) is 1. The van der Waals surface area contributed by atoms with Gasteiger partial charge in [0.1, 0.15) is 0 Å². The van der Waals surface area contributed by atoms with Crippen LogP contribution in [-0.4, -0.2) is 29.7 Å². The monoisotopic (exact) mass is 288 g/mol. The number of nitrogens with zero attached hydrogens (tertiary/aromatic N) is 1. The zero-order valence-corrected chi connectivity index (χ0v) is 11.9. The number of fused-ring (bicyclic) bond motifs is 1. The van der Waals surface area contributed by atoms with Gasteiger partial charge in [-0.15, -0.1) is 0 Å². The molecule has 5 nitrogen and oxygen atoms in total. The van der Waals surface area contributed by atoms with E-state index in [0.29, 0.717) is 12.8 Å². The number of benzene rings is 1. The van der Waals surface area contributed by atoms with Gasteiger partial charge in [0.15, 0.2) is 0 Å². The van der Waals surface area contributed by atoms with Crippen molar-refractivity contribution in [2.75, 3.05) is 11.4 Å². The third-order valence-electron chi connectivity index (χ3n) is 4.54. The molecule has 2 amide bonds. The standard InChI is InChI=1S/C16H20N2O3/c19-15(20)12-5-7-13(8-6-12)17-16(21)18-10-9-11-3-1-2-4-14(11)18/h1-4,12-13H,5-10H2,(H,17,21)(H,19,20). The molecule has 0 aromatic heterocycles. The van der Waals surface area contributed by atoms with Gasteiger partial charge < -0.3 is 10.4 Å². The summed E-state index contributed by atoms with van der Waals surface area (Å²) in [5.41, 5.74) is 2.21. The highest BCUT2D eigenvalue weighted by Crippen LogP contribution is 2.28. The van der Waals surface area contributed by atoms with E-state index in [9.17, 15) is 9.59 Å². The van der Waals surface area contributed by atoms with Gasteiger partial charge in [0, 0.05) is 18.3 Å². The lowest BCUT2D eigenvalue weighted by atomic mass is 9.86. The van der Waals surface area contributed by atoms with Crippen LogP contribution in [0, 0.1) is 5.92 Å². The largest absolute Gasteiger partial charge is 0.481 e. The van der Waals surface area contributed by atoms with E-state index in [4.69, 9.17) is 5.11 Å². The van der Waals surface area contributed by atoms with Crippen molar-refractivity contribution < 1.29 is 14.7 Å². The molecule has 0 bridgehead atoms. The molecule has 0 spiro atoms. The van der Waals surface area contributed by atoms with E-state index in [2.05, 4.69) is 11.4 Å². The number of carboxylic acids is 1. The number of rotatable bonds is 2. The molecular weight excluding hydrogens is 268 g/mol. The molecule has 0 saturated heterocycles. The summed E-state index contributed by atoms with van der Waals surface area (Å²) in [6.07, 6.45) is 3.69. The van der Waals surface area contributed by atoms with E-state index in [1.165, 1.54) is 5.56 Å². The Balaban J connectivity index is 1.57. The van der Waals surface area contributed by atoms with E-state index in [1.807, 2.05) is 18.2 Å². The molecule has 0 radical (unpaired) electrons. The third-order valence-corrected chi connectivity index (χ3v) is 4.54. The predicted molar refractivity (Wildman–Crippen MR) is 79.4 cm³/mol. The quantitative estimate of drug-likeness (QED) is 0.878. The summed E-state index contributed by atoms with van der Waals surface area (Å²) >= 11 is 0. The van der Waals surface area contributed by atoms with Crippen LogP contribution < -0.4 is 10.2 Å². The summed E-state index contributed by atoms with van der Waals surface area (Å²) in [7, 11) is 0. The van der Waals surface area contributed by atoms with Gasteiger partial charge in [-0.2, -0.15) is 0 Å². The lowest BCUT2D eigenvalue weighted by Crippen LogP contribution is -2.46. The first kappa shape index (κ1) is 13.9. The number of para-hydroxylation sites is 1. The molecule has 21 heavy (non-hydrogen) atoms. The number of hydrogen-bond acceptors (Lipinski definition) is 2. The van der Waals surface area contributed by atoms with Gasteiger partial charge in [-0.1, -0.05) is 18.2 Å². The van der Waals surface area contributed by atoms with Crippen LogP contribution in [0.15, 0.2) is 24.3 Å². The number of nitrogens with one attached hydrogen (secondary N) is 1. The molecule has 1 aromatic carbocycles. The van der Waals surface area contributed by atoms with Crippen molar-refractivity contribution in [3.8, 4) is 0 Å². The molecule has 112 valence electrons. The number of carbonyl (C=O) groups excluding carboxylic acids is 1. The molecule has 2 N–H and O–H groups in total. The maximum absolute atomic E-state index is 12.4. The van der Waals surface area contributed by atoms with Crippen molar-refractivity contribution >= 4 is 17.7 Å². The molecule has 3 rings (SSSR count). The van der Waals surface area contributed by atoms with Crippen molar-refractivity contribution in [3.63, 3.8) is 0 Å². The van der Waals surface area contributed by atoms with Gasteiger partial charge in [0.25, 0.3) is 0 Å². The van der Waals surface area contributed by atoms with Gasteiger partial charge in [-0.3, -0.25) is 9.69 Å². The molecule has 1 fully saturated rings. The molecule has 0 atom stereocenters. The minimum Gasteiger partial charge on any atom is -0.481 e. The van der Waals surface area contributed by atoms with Crippen molar-refractivity contribution in [3.05, 3.63) is 29.8 Å². The molecule has 2 aliphatic rings. The first-order valence-electron chi connectivity index (χ1n) is 7.54. The number of carbonyl (C=O) groups is 2. The number of amides is 2. The molecule has 1 aliphatic heterocycles. The number of hydrogen-bond donors (Lipinski definition) is 2. The molecule has 0 unspecified atom stereocenters. The van der Waals surface area contributed by atoms with Crippen LogP contribution in [0.1, 0.15) is 31.2 Å². The molecule has 5 heteroatoms. The molecule has 1 aromatic rings. The second kappa shape index (κ2) is 5.76. The first-order valence-corrected chi connectivity index (χ1v) is 7.54. The summed E-state index contributed by atoms with van der Waals surface area (Å²) in [6, 6.07) is 8.01. The van der Waals surface area contributed by atoms with E-state index < -0.39 is 5.97 Å². The lowest BCUT2D eigenvalue weighted by molar-refractivity contribution is -0.142. The van der Waals surface area contributed by atoms with Gasteiger partial charge >= 0.3 is 12.0 Å². The number of anilines is 1. The van der Waals surface area contributed by atoms with E-state index in [-0.39, 0.29) is 18.0 Å². The van der Waals surface area contributed by atoms with Crippen LogP contribution in [0.25, 0.3) is 0 Å². The maximum atomic E-state index is 12.4. The summed E-state index contributed by atoms with van der Waals surface area (Å²) in [5, 5.41) is 12.0. The van der Waals surface area contributed by atoms with Gasteiger partial charge in [-0.05, 0) is 43.7 Å². The summed E-state index contributed by atoms with van der Waals surface area (Å²) in [5.74, 6) is -0.959. The topological polar surface area (TPSA) is 69.6 Å².